The van der Waals surface area contributed by atoms with Crippen molar-refractivity contribution in [2.24, 2.45) is 5.92 Å². The molecule has 7 heteroatoms. The van der Waals surface area contributed by atoms with E-state index in [1.54, 1.807) is 18.2 Å². The standard InChI is InChI=1S/C14H21N3O3S/c1-11(18)16-10-12-6-8-17(9-7-12)21(19,20)14-5-3-2-4-13(14)15/h2-5,12H,6-10,15H2,1H3,(H,16,18). The number of nitrogen functional groups attached to an aromatic ring is 1. The highest BCUT2D eigenvalue weighted by atomic mass is 32.2. The number of rotatable bonds is 4. The molecule has 0 aromatic heterocycles. The number of carbonyl (C=O) groups is 1. The molecule has 0 unspecified atom stereocenters. The van der Waals surface area contributed by atoms with E-state index in [0.29, 0.717) is 25.6 Å². The Morgan fingerprint density at radius 2 is 1.95 bits per heavy atom. The fourth-order valence-electron chi connectivity index (χ4n) is 2.50. The van der Waals surface area contributed by atoms with Crippen LogP contribution in [-0.2, 0) is 14.8 Å². The van der Waals surface area contributed by atoms with Crippen molar-refractivity contribution in [3.05, 3.63) is 24.3 Å². The van der Waals surface area contributed by atoms with Crippen LogP contribution in [0.4, 0.5) is 5.69 Å². The number of para-hydroxylation sites is 1. The topological polar surface area (TPSA) is 92.5 Å². The van der Waals surface area contributed by atoms with Gasteiger partial charge < -0.3 is 11.1 Å². The number of benzene rings is 1. The van der Waals surface area contributed by atoms with E-state index in [1.807, 2.05) is 0 Å². The van der Waals surface area contributed by atoms with Gasteiger partial charge in [-0.15, -0.1) is 0 Å². The zero-order valence-electron chi connectivity index (χ0n) is 12.1. The maximum Gasteiger partial charge on any atom is 0.245 e. The number of hydrogen-bond acceptors (Lipinski definition) is 4. The van der Waals surface area contributed by atoms with Gasteiger partial charge in [0.2, 0.25) is 15.9 Å². The third kappa shape index (κ3) is 3.74. The van der Waals surface area contributed by atoms with Crippen molar-refractivity contribution in [3.63, 3.8) is 0 Å². The van der Waals surface area contributed by atoms with Gasteiger partial charge >= 0.3 is 0 Å². The molecule has 1 saturated heterocycles. The van der Waals surface area contributed by atoms with Crippen LogP contribution in [0.25, 0.3) is 0 Å². The van der Waals surface area contributed by atoms with E-state index in [9.17, 15) is 13.2 Å². The Balaban J connectivity index is 2.01. The Hall–Kier alpha value is -1.60. The minimum atomic E-state index is -3.53. The normalized spacial score (nSPS) is 17.6. The quantitative estimate of drug-likeness (QED) is 0.805. The largest absolute Gasteiger partial charge is 0.398 e. The second kappa shape index (κ2) is 6.44. The van der Waals surface area contributed by atoms with Gasteiger partial charge in [-0.3, -0.25) is 4.79 Å². The third-order valence-corrected chi connectivity index (χ3v) is 5.72. The Morgan fingerprint density at radius 1 is 1.33 bits per heavy atom. The number of amides is 1. The van der Waals surface area contributed by atoms with Gasteiger partial charge in [-0.1, -0.05) is 12.1 Å². The molecule has 0 radical (unpaired) electrons. The van der Waals surface area contributed by atoms with Crippen molar-refractivity contribution in [1.29, 1.82) is 0 Å². The predicted octanol–water partition coefficient (Wildman–Crippen LogP) is 0.806. The number of sulfonamides is 1. The van der Waals surface area contributed by atoms with Crippen LogP contribution in [0.5, 0.6) is 0 Å². The number of nitrogens with two attached hydrogens (primary N) is 1. The monoisotopic (exact) mass is 311 g/mol. The third-order valence-electron chi connectivity index (χ3n) is 3.75. The number of nitrogens with one attached hydrogen (secondary N) is 1. The summed E-state index contributed by atoms with van der Waals surface area (Å²) in [6, 6.07) is 6.52. The fourth-order valence-corrected chi connectivity index (χ4v) is 4.08. The Kier molecular flexibility index (Phi) is 4.84. The van der Waals surface area contributed by atoms with Gasteiger partial charge in [0, 0.05) is 26.6 Å². The summed E-state index contributed by atoms with van der Waals surface area (Å²) in [5.74, 6) is 0.274. The Labute approximate surface area is 125 Å². The van der Waals surface area contributed by atoms with Crippen LogP contribution in [0.1, 0.15) is 19.8 Å². The smallest absolute Gasteiger partial charge is 0.245 e. The molecule has 1 fully saturated rings. The first kappa shape index (κ1) is 15.8. The molecular formula is C14H21N3O3S. The number of nitrogens with zero attached hydrogens (tertiary/aromatic N) is 1. The van der Waals surface area contributed by atoms with Gasteiger partial charge in [-0.2, -0.15) is 4.31 Å². The molecule has 1 aromatic rings. The van der Waals surface area contributed by atoms with Crippen LogP contribution >= 0.6 is 0 Å². The molecule has 0 spiro atoms. The van der Waals surface area contributed by atoms with Crippen LogP contribution in [-0.4, -0.2) is 38.3 Å². The van der Waals surface area contributed by atoms with E-state index in [2.05, 4.69) is 5.32 Å². The van der Waals surface area contributed by atoms with Crippen molar-refractivity contribution in [2.45, 2.75) is 24.7 Å². The Morgan fingerprint density at radius 3 is 2.52 bits per heavy atom. The van der Waals surface area contributed by atoms with Crippen molar-refractivity contribution in [3.8, 4) is 0 Å². The Bertz CT molecular complexity index is 608. The van der Waals surface area contributed by atoms with Gasteiger partial charge in [0.05, 0.1) is 5.69 Å². The molecule has 1 aromatic carbocycles. The highest BCUT2D eigenvalue weighted by Crippen LogP contribution is 2.26. The minimum Gasteiger partial charge on any atom is -0.398 e. The maximum atomic E-state index is 12.6. The highest BCUT2D eigenvalue weighted by molar-refractivity contribution is 7.89. The molecular weight excluding hydrogens is 290 g/mol. The van der Waals surface area contributed by atoms with E-state index in [0.717, 1.165) is 12.8 Å². The summed E-state index contributed by atoms with van der Waals surface area (Å²) in [6.07, 6.45) is 1.48. The molecule has 116 valence electrons. The van der Waals surface area contributed by atoms with Gasteiger partial charge in [0.25, 0.3) is 0 Å². The molecule has 0 bridgehead atoms. The molecule has 6 nitrogen and oxygen atoms in total. The first-order valence-electron chi connectivity index (χ1n) is 7.00. The summed E-state index contributed by atoms with van der Waals surface area (Å²) in [5, 5.41) is 2.78. The number of piperidine rings is 1. The molecule has 2 rings (SSSR count). The molecule has 1 amide bonds. The van der Waals surface area contributed by atoms with Crippen LogP contribution in [0, 0.1) is 5.92 Å². The van der Waals surface area contributed by atoms with E-state index in [1.165, 1.54) is 17.3 Å². The summed E-state index contributed by atoms with van der Waals surface area (Å²) in [5.41, 5.74) is 6.04. The lowest BCUT2D eigenvalue weighted by molar-refractivity contribution is -0.119. The van der Waals surface area contributed by atoms with Gasteiger partial charge in [0.1, 0.15) is 4.90 Å². The second-order valence-corrected chi connectivity index (χ2v) is 7.23. The average Bonchev–Trinajstić information content (AvgIpc) is 2.46. The fraction of sp³-hybridized carbons (Fsp3) is 0.500. The highest BCUT2D eigenvalue weighted by Gasteiger charge is 2.30. The van der Waals surface area contributed by atoms with E-state index >= 15 is 0 Å². The molecule has 0 aliphatic carbocycles. The summed E-state index contributed by atoms with van der Waals surface area (Å²) in [4.78, 5) is 11.1. The van der Waals surface area contributed by atoms with Gasteiger partial charge in [0.15, 0.2) is 0 Å². The molecule has 1 heterocycles. The van der Waals surface area contributed by atoms with Crippen molar-refractivity contribution < 1.29 is 13.2 Å². The lowest BCUT2D eigenvalue weighted by atomic mass is 9.98. The summed E-state index contributed by atoms with van der Waals surface area (Å²) in [6.45, 7) is 3.01. The lowest BCUT2D eigenvalue weighted by Crippen LogP contribution is -2.41. The zero-order chi connectivity index (χ0) is 15.5. The summed E-state index contributed by atoms with van der Waals surface area (Å²) < 4.78 is 26.6. The van der Waals surface area contributed by atoms with Gasteiger partial charge in [-0.05, 0) is 30.9 Å². The SMILES string of the molecule is CC(=O)NCC1CCN(S(=O)(=O)c2ccccc2N)CC1. The lowest BCUT2D eigenvalue weighted by Gasteiger charge is -2.31. The number of hydrogen-bond donors (Lipinski definition) is 2. The maximum absolute atomic E-state index is 12.6. The van der Waals surface area contributed by atoms with Crippen molar-refractivity contribution in [2.75, 3.05) is 25.4 Å². The second-order valence-electron chi connectivity index (χ2n) is 5.32. The van der Waals surface area contributed by atoms with Crippen LogP contribution in [0.15, 0.2) is 29.2 Å². The minimum absolute atomic E-state index is 0.0536. The predicted molar refractivity (Wildman–Crippen MR) is 81.0 cm³/mol. The molecule has 0 atom stereocenters. The zero-order valence-corrected chi connectivity index (χ0v) is 12.9. The number of anilines is 1. The molecule has 21 heavy (non-hydrogen) atoms. The summed E-state index contributed by atoms with van der Waals surface area (Å²) in [7, 11) is -3.53. The molecule has 1 aliphatic heterocycles. The average molecular weight is 311 g/mol. The summed E-state index contributed by atoms with van der Waals surface area (Å²) >= 11 is 0. The van der Waals surface area contributed by atoms with Crippen molar-refractivity contribution in [1.82, 2.24) is 9.62 Å². The number of carbonyl (C=O) groups excluding carboxylic acids is 1. The van der Waals surface area contributed by atoms with E-state index < -0.39 is 10.0 Å². The molecule has 0 saturated carbocycles. The van der Waals surface area contributed by atoms with Gasteiger partial charge in [-0.25, -0.2) is 8.42 Å². The molecule has 1 aliphatic rings. The van der Waals surface area contributed by atoms with E-state index in [4.69, 9.17) is 5.73 Å². The first-order chi connectivity index (χ1) is 9.91. The molecule has 3 N–H and O–H groups in total. The van der Waals surface area contributed by atoms with Crippen LogP contribution in [0.3, 0.4) is 0 Å². The van der Waals surface area contributed by atoms with Crippen LogP contribution in [0.2, 0.25) is 0 Å². The van der Waals surface area contributed by atoms with Crippen LogP contribution < -0.4 is 11.1 Å². The van der Waals surface area contributed by atoms with Crippen molar-refractivity contribution >= 4 is 21.6 Å². The van der Waals surface area contributed by atoms with E-state index in [-0.39, 0.29) is 16.5 Å². The first-order valence-corrected chi connectivity index (χ1v) is 8.44.